The molecule has 32 heavy (non-hydrogen) atoms. The normalized spacial score (nSPS) is 46.4. The van der Waals surface area contributed by atoms with Gasteiger partial charge in [0.1, 0.15) is 6.10 Å². The van der Waals surface area contributed by atoms with Gasteiger partial charge in [0.25, 0.3) is 0 Å². The molecule has 4 aliphatic carbocycles. The number of aliphatic hydroxyl groups excluding tert-OH is 1. The first-order valence-electron chi connectivity index (χ1n) is 12.7. The molecule has 182 valence electrons. The van der Waals surface area contributed by atoms with Crippen molar-refractivity contribution < 1.29 is 24.2 Å². The first kappa shape index (κ1) is 24.3. The number of carbonyl (C=O) groups excluding carboxylic acids is 2. The molecule has 10 atom stereocenters. The first-order valence-corrected chi connectivity index (χ1v) is 13.1. The molecule has 0 bridgehead atoms. The molecule has 1 N–H and O–H groups in total. The van der Waals surface area contributed by atoms with Gasteiger partial charge in [-0.3, -0.25) is 4.79 Å². The van der Waals surface area contributed by atoms with Crippen LogP contribution in [0, 0.1) is 46.3 Å². The van der Waals surface area contributed by atoms with Gasteiger partial charge < -0.3 is 14.6 Å². The predicted molar refractivity (Wildman–Crippen MR) is 123 cm³/mol. The van der Waals surface area contributed by atoms with Crippen LogP contribution in [0.1, 0.15) is 85.0 Å². The molecular weight excluding hydrogens is 428 g/mol. The van der Waals surface area contributed by atoms with Crippen molar-refractivity contribution in [1.29, 1.82) is 0 Å². The van der Waals surface area contributed by atoms with Crippen LogP contribution in [0.25, 0.3) is 0 Å². The summed E-state index contributed by atoms with van der Waals surface area (Å²) in [6.45, 7) is 7.04. The summed E-state index contributed by atoms with van der Waals surface area (Å²) >= 11 is 5.49. The molecule has 0 heterocycles. The topological polar surface area (TPSA) is 72.8 Å². The average Bonchev–Trinajstić information content (AvgIpc) is 3.11. The van der Waals surface area contributed by atoms with Crippen molar-refractivity contribution in [1.82, 2.24) is 0 Å². The number of hydrogen-bond donors (Lipinski definition) is 1. The minimum absolute atomic E-state index is 0.0556. The van der Waals surface area contributed by atoms with Crippen LogP contribution >= 0.6 is 11.6 Å². The number of rotatable bonds is 5. The van der Waals surface area contributed by atoms with Crippen molar-refractivity contribution in [2.45, 2.75) is 97.2 Å². The number of hydrogen-bond acceptors (Lipinski definition) is 5. The maximum atomic E-state index is 11.7. The molecule has 4 rings (SSSR count). The molecule has 4 saturated carbocycles. The van der Waals surface area contributed by atoms with Gasteiger partial charge in [0, 0.05) is 18.0 Å². The summed E-state index contributed by atoms with van der Waals surface area (Å²) in [5, 5.41) is 11.6. The second kappa shape index (κ2) is 9.09. The van der Waals surface area contributed by atoms with E-state index >= 15 is 0 Å². The Bertz CT molecular complexity index is 727. The molecule has 4 fully saturated rings. The Morgan fingerprint density at radius 1 is 1.09 bits per heavy atom. The van der Waals surface area contributed by atoms with E-state index in [-0.39, 0.29) is 29.0 Å². The van der Waals surface area contributed by atoms with E-state index in [1.165, 1.54) is 26.4 Å². The lowest BCUT2D eigenvalue weighted by Gasteiger charge is -2.62. The zero-order valence-corrected chi connectivity index (χ0v) is 20.9. The van der Waals surface area contributed by atoms with Crippen molar-refractivity contribution in [3.8, 4) is 0 Å². The second-order valence-electron chi connectivity index (χ2n) is 11.8. The second-order valence-corrected chi connectivity index (χ2v) is 12.1. The molecule has 0 radical (unpaired) electrons. The number of methoxy groups -OCH3 is 1. The SMILES string of the molecule is COC(=O)CCC(C)[C@H]1CCC2C3CC[C@@H]4C[C@H](OC(=O)Cl)CC[C@]4(C)C3C[C@H](O)[C@@]21C. The minimum Gasteiger partial charge on any atom is -0.469 e. The molecule has 0 saturated heterocycles. The summed E-state index contributed by atoms with van der Waals surface area (Å²) in [7, 11) is 1.45. The Morgan fingerprint density at radius 3 is 2.53 bits per heavy atom. The van der Waals surface area contributed by atoms with Crippen LogP contribution in [0.2, 0.25) is 0 Å². The Kier molecular flexibility index (Phi) is 6.91. The maximum Gasteiger partial charge on any atom is 0.404 e. The van der Waals surface area contributed by atoms with Crippen LogP contribution in [0.3, 0.4) is 0 Å². The van der Waals surface area contributed by atoms with Gasteiger partial charge >= 0.3 is 11.4 Å². The van der Waals surface area contributed by atoms with Gasteiger partial charge in [-0.05, 0) is 104 Å². The van der Waals surface area contributed by atoms with Gasteiger partial charge in [-0.2, -0.15) is 0 Å². The smallest absolute Gasteiger partial charge is 0.404 e. The standard InChI is InChI=1S/C26H41ClO5/c1-15(5-10-23(29)31-4)19-8-9-20-18-7-6-16-13-17(32-24(27)30)11-12-25(16,2)21(18)14-22(28)26(19,20)3/h15-22,28H,5-14H2,1-4H3/t15?,16-,17-,18?,19-,20?,21?,22+,25+,26-/m1/s1. The Balaban J connectivity index is 1.50. The summed E-state index contributed by atoms with van der Waals surface area (Å²) in [5.74, 6) is 3.01. The first-order chi connectivity index (χ1) is 15.1. The lowest BCUT2D eigenvalue weighted by atomic mass is 9.43. The maximum absolute atomic E-state index is 11.7. The zero-order valence-electron chi connectivity index (χ0n) is 20.1. The Hall–Kier alpha value is -0.810. The third-order valence-corrected chi connectivity index (χ3v) is 10.9. The van der Waals surface area contributed by atoms with Crippen molar-refractivity contribution >= 4 is 23.0 Å². The predicted octanol–water partition coefficient (Wildman–Crippen LogP) is 5.95. The van der Waals surface area contributed by atoms with Crippen LogP contribution in [0.5, 0.6) is 0 Å². The van der Waals surface area contributed by atoms with Crippen molar-refractivity contribution in [2.75, 3.05) is 7.11 Å². The summed E-state index contributed by atoms with van der Waals surface area (Å²) in [5.41, 5.74) is -0.547. The molecule has 6 heteroatoms. The third kappa shape index (κ3) is 4.00. The number of fused-ring (bicyclic) bond motifs is 5. The summed E-state index contributed by atoms with van der Waals surface area (Å²) in [4.78, 5) is 22.9. The fourth-order valence-corrected chi connectivity index (χ4v) is 9.16. The number of carbonyl (C=O) groups is 2. The van der Waals surface area contributed by atoms with Gasteiger partial charge in [-0.1, -0.05) is 20.8 Å². The van der Waals surface area contributed by atoms with E-state index < -0.39 is 5.43 Å². The number of aliphatic hydroxyl groups is 1. The van der Waals surface area contributed by atoms with Crippen LogP contribution in [-0.2, 0) is 14.3 Å². The van der Waals surface area contributed by atoms with Crippen LogP contribution < -0.4 is 0 Å². The van der Waals surface area contributed by atoms with E-state index in [1.54, 1.807) is 0 Å². The Labute approximate surface area is 197 Å². The minimum atomic E-state index is -0.686. The molecular formula is C26H41ClO5. The summed E-state index contributed by atoms with van der Waals surface area (Å²) in [6.07, 6.45) is 9.38. The molecule has 0 aromatic heterocycles. The van der Waals surface area contributed by atoms with Gasteiger partial charge in [0.15, 0.2) is 0 Å². The van der Waals surface area contributed by atoms with Crippen LogP contribution in [0.15, 0.2) is 0 Å². The quantitative estimate of drug-likeness (QED) is 0.398. The molecule has 0 aliphatic heterocycles. The fourth-order valence-electron chi connectivity index (χ4n) is 9.03. The van der Waals surface area contributed by atoms with Crippen LogP contribution in [0.4, 0.5) is 4.79 Å². The molecule has 0 aromatic rings. The van der Waals surface area contributed by atoms with E-state index in [0.717, 1.165) is 38.5 Å². The van der Waals surface area contributed by atoms with E-state index in [4.69, 9.17) is 21.1 Å². The number of halogens is 1. The van der Waals surface area contributed by atoms with E-state index in [1.807, 2.05) is 0 Å². The van der Waals surface area contributed by atoms with Crippen molar-refractivity contribution in [2.24, 2.45) is 46.3 Å². The third-order valence-electron chi connectivity index (χ3n) is 10.8. The lowest BCUT2D eigenvalue weighted by Crippen LogP contribution is -2.59. The lowest BCUT2D eigenvalue weighted by molar-refractivity contribution is -0.174. The largest absolute Gasteiger partial charge is 0.469 e. The van der Waals surface area contributed by atoms with E-state index in [2.05, 4.69) is 20.8 Å². The highest BCUT2D eigenvalue weighted by atomic mass is 35.5. The van der Waals surface area contributed by atoms with Gasteiger partial charge in [-0.25, -0.2) is 4.79 Å². The van der Waals surface area contributed by atoms with Gasteiger partial charge in [0.2, 0.25) is 0 Å². The highest BCUT2D eigenvalue weighted by Crippen LogP contribution is 2.68. The number of ether oxygens (including phenoxy) is 2. The molecule has 5 nitrogen and oxygen atoms in total. The zero-order chi connectivity index (χ0) is 23.3. The average molecular weight is 469 g/mol. The highest BCUT2D eigenvalue weighted by Gasteiger charge is 2.63. The van der Waals surface area contributed by atoms with Gasteiger partial charge in [-0.15, -0.1) is 0 Å². The van der Waals surface area contributed by atoms with Crippen molar-refractivity contribution in [3.63, 3.8) is 0 Å². The summed E-state index contributed by atoms with van der Waals surface area (Å²) < 4.78 is 10.2. The van der Waals surface area contributed by atoms with Crippen LogP contribution in [-0.4, -0.2) is 35.8 Å². The van der Waals surface area contributed by atoms with E-state index in [9.17, 15) is 14.7 Å². The highest BCUT2D eigenvalue weighted by molar-refractivity contribution is 6.61. The molecule has 0 aromatic carbocycles. The molecule has 4 aliphatic rings. The van der Waals surface area contributed by atoms with E-state index in [0.29, 0.717) is 41.9 Å². The Morgan fingerprint density at radius 2 is 1.84 bits per heavy atom. The number of esters is 1. The summed E-state index contributed by atoms with van der Waals surface area (Å²) in [6, 6.07) is 0. The monoisotopic (exact) mass is 468 g/mol. The molecule has 0 spiro atoms. The molecule has 0 amide bonds. The van der Waals surface area contributed by atoms with Crippen molar-refractivity contribution in [3.05, 3.63) is 0 Å². The van der Waals surface area contributed by atoms with Gasteiger partial charge in [0.05, 0.1) is 13.2 Å². The fraction of sp³-hybridized carbons (Fsp3) is 0.923. The molecule has 4 unspecified atom stereocenters.